The van der Waals surface area contributed by atoms with Crippen LogP contribution in [0.5, 0.6) is 0 Å². The molecule has 0 radical (unpaired) electrons. The summed E-state index contributed by atoms with van der Waals surface area (Å²) in [6.07, 6.45) is 0.410. The van der Waals surface area contributed by atoms with Gasteiger partial charge in [0.1, 0.15) is 5.69 Å². The Balaban J connectivity index is 1.52. The van der Waals surface area contributed by atoms with Crippen molar-refractivity contribution in [1.29, 1.82) is 0 Å². The lowest BCUT2D eigenvalue weighted by molar-refractivity contribution is -0.114. The minimum absolute atomic E-state index is 0.0103. The van der Waals surface area contributed by atoms with E-state index in [4.69, 9.17) is 4.42 Å². The van der Waals surface area contributed by atoms with Gasteiger partial charge in [-0.2, -0.15) is 0 Å². The zero-order valence-electron chi connectivity index (χ0n) is 15.4. The third-order valence-corrected chi connectivity index (χ3v) is 4.79. The molecule has 2 amide bonds. The summed E-state index contributed by atoms with van der Waals surface area (Å²) >= 11 is 1.14. The molecule has 2 aromatic heterocycles. The molecule has 30 heavy (non-hydrogen) atoms. The van der Waals surface area contributed by atoms with Crippen molar-refractivity contribution >= 4 is 35.7 Å². The molecule has 0 saturated carbocycles. The van der Waals surface area contributed by atoms with Crippen LogP contribution in [-0.4, -0.2) is 33.4 Å². The van der Waals surface area contributed by atoms with Gasteiger partial charge in [0, 0.05) is 11.1 Å². The average molecular weight is 421 g/mol. The number of nitrogens with one attached hydrogen (secondary N) is 2. The molecule has 0 spiro atoms. The highest BCUT2D eigenvalue weighted by atomic mass is 32.2. The lowest BCUT2D eigenvalue weighted by atomic mass is 10.1. The number of amides is 2. The van der Waals surface area contributed by atoms with Gasteiger partial charge in [0.25, 0.3) is 5.22 Å². The van der Waals surface area contributed by atoms with Crippen LogP contribution in [-0.2, 0) is 9.59 Å². The van der Waals surface area contributed by atoms with Gasteiger partial charge >= 0.3 is 0 Å². The highest BCUT2D eigenvalue weighted by Crippen LogP contribution is 2.35. The number of hydrogen-bond donors (Lipinski definition) is 2. The minimum atomic E-state index is -0.384. The molecule has 0 aliphatic heterocycles. The Bertz CT molecular complexity index is 1090. The van der Waals surface area contributed by atoms with Crippen LogP contribution in [0, 0.1) is 0 Å². The number of hydrogen-bond acceptors (Lipinski definition) is 8. The van der Waals surface area contributed by atoms with Gasteiger partial charge in [0.2, 0.25) is 24.0 Å². The summed E-state index contributed by atoms with van der Waals surface area (Å²) in [5, 5.41) is 12.2. The number of nitrogens with zero attached hydrogens (tertiary/aromatic N) is 3. The lowest BCUT2D eigenvalue weighted by Crippen LogP contribution is -2.15. The molecule has 2 heterocycles. The second-order valence-electron chi connectivity index (χ2n) is 5.95. The van der Waals surface area contributed by atoms with E-state index >= 15 is 0 Å². The van der Waals surface area contributed by atoms with Crippen molar-refractivity contribution in [2.75, 3.05) is 16.4 Å². The molecule has 0 aliphatic carbocycles. The number of carbonyl (C=O) groups is 2. The van der Waals surface area contributed by atoms with E-state index in [-0.39, 0.29) is 23.3 Å². The summed E-state index contributed by atoms with van der Waals surface area (Å²) in [6.45, 7) is 0. The molecule has 0 aliphatic rings. The Hall–Kier alpha value is -3.92. The molecule has 4 rings (SSSR count). The first-order chi connectivity index (χ1) is 14.7. The van der Waals surface area contributed by atoms with Gasteiger partial charge in [-0.3, -0.25) is 9.59 Å². The second-order valence-corrected chi connectivity index (χ2v) is 6.88. The first-order valence-electron chi connectivity index (χ1n) is 8.81. The maximum absolute atomic E-state index is 12.2. The van der Waals surface area contributed by atoms with E-state index in [1.165, 1.54) is 0 Å². The fourth-order valence-electron chi connectivity index (χ4n) is 2.66. The third kappa shape index (κ3) is 4.39. The highest BCUT2D eigenvalue weighted by molar-refractivity contribution is 7.99. The third-order valence-electron chi connectivity index (χ3n) is 3.96. The maximum Gasteiger partial charge on any atom is 0.257 e. The Kier molecular flexibility index (Phi) is 5.85. The number of oxazole rings is 1. The van der Waals surface area contributed by atoms with Gasteiger partial charge < -0.3 is 15.1 Å². The van der Waals surface area contributed by atoms with E-state index in [0.717, 1.165) is 22.9 Å². The van der Waals surface area contributed by atoms with Crippen LogP contribution in [0.3, 0.4) is 0 Å². The highest BCUT2D eigenvalue weighted by Gasteiger charge is 2.19. The second kappa shape index (κ2) is 9.05. The van der Waals surface area contributed by atoms with Gasteiger partial charge in [0.15, 0.2) is 5.76 Å². The normalized spacial score (nSPS) is 10.5. The van der Waals surface area contributed by atoms with E-state index in [0.29, 0.717) is 23.1 Å². The number of anilines is 2. The fourth-order valence-corrected chi connectivity index (χ4v) is 3.28. The van der Waals surface area contributed by atoms with E-state index in [9.17, 15) is 9.59 Å². The van der Waals surface area contributed by atoms with Gasteiger partial charge in [-0.25, -0.2) is 9.61 Å². The number of benzene rings is 2. The van der Waals surface area contributed by atoms with E-state index in [2.05, 4.69) is 30.6 Å². The molecule has 2 aromatic carbocycles. The molecular weight excluding hydrogens is 406 g/mol. The predicted molar refractivity (Wildman–Crippen MR) is 111 cm³/mol. The Morgan fingerprint density at radius 1 is 0.967 bits per heavy atom. The number of aromatic nitrogens is 3. The fraction of sp³-hybridized carbons (Fsp3) is 0.0500. The van der Waals surface area contributed by atoms with E-state index in [1.807, 2.05) is 60.7 Å². The van der Waals surface area contributed by atoms with Gasteiger partial charge in [-0.1, -0.05) is 72.4 Å². The standard InChI is InChI=1S/C20H15N5O4S/c26-12-21-18-19(25-29-24-18)22-15(27)11-30-20-23-16(13-7-3-1-4-8-13)17(28-20)14-9-5-2-6-10-14/h1-10,12H,11H2,(H,21,24,26)(H,22,25,27). The van der Waals surface area contributed by atoms with Gasteiger partial charge in [-0.15, -0.1) is 0 Å². The zero-order chi connectivity index (χ0) is 20.8. The van der Waals surface area contributed by atoms with Crippen LogP contribution in [0.2, 0.25) is 0 Å². The minimum Gasteiger partial charge on any atom is -0.431 e. The SMILES string of the molecule is O=CNc1nonc1NC(=O)CSc1nc(-c2ccccc2)c(-c2ccccc2)o1. The smallest absolute Gasteiger partial charge is 0.257 e. The summed E-state index contributed by atoms with van der Waals surface area (Å²) in [5.41, 5.74) is 2.50. The lowest BCUT2D eigenvalue weighted by Gasteiger charge is -2.01. The van der Waals surface area contributed by atoms with Crippen molar-refractivity contribution in [2.24, 2.45) is 0 Å². The molecular formula is C20H15N5O4S. The number of carbonyl (C=O) groups excluding carboxylic acids is 2. The van der Waals surface area contributed by atoms with E-state index < -0.39 is 0 Å². The van der Waals surface area contributed by atoms with Crippen LogP contribution in [0.4, 0.5) is 11.6 Å². The zero-order valence-corrected chi connectivity index (χ0v) is 16.3. The Morgan fingerprint density at radius 2 is 1.63 bits per heavy atom. The molecule has 150 valence electrons. The molecule has 9 nitrogen and oxygen atoms in total. The first-order valence-corrected chi connectivity index (χ1v) is 9.80. The summed E-state index contributed by atoms with van der Waals surface area (Å²) < 4.78 is 10.5. The van der Waals surface area contributed by atoms with Crippen LogP contribution >= 0.6 is 11.8 Å². The van der Waals surface area contributed by atoms with Crippen LogP contribution < -0.4 is 10.6 Å². The van der Waals surface area contributed by atoms with E-state index in [1.54, 1.807) is 0 Å². The summed E-state index contributed by atoms with van der Waals surface area (Å²) in [5.74, 6) is 0.302. The van der Waals surface area contributed by atoms with Crippen molar-refractivity contribution in [3.63, 3.8) is 0 Å². The molecule has 0 atom stereocenters. The molecule has 0 bridgehead atoms. The monoisotopic (exact) mass is 421 g/mol. The van der Waals surface area contributed by atoms with Gasteiger partial charge in [-0.05, 0) is 10.3 Å². The molecule has 2 N–H and O–H groups in total. The maximum atomic E-state index is 12.2. The van der Waals surface area contributed by atoms with Crippen LogP contribution in [0.1, 0.15) is 0 Å². The predicted octanol–water partition coefficient (Wildman–Crippen LogP) is 3.69. The van der Waals surface area contributed by atoms with Crippen molar-refractivity contribution in [3.8, 4) is 22.6 Å². The first kappa shape index (κ1) is 19.4. The van der Waals surface area contributed by atoms with Crippen LogP contribution in [0.25, 0.3) is 22.6 Å². The summed E-state index contributed by atoms with van der Waals surface area (Å²) in [6, 6.07) is 19.3. The van der Waals surface area contributed by atoms with Crippen molar-refractivity contribution in [1.82, 2.24) is 15.3 Å². The summed E-state index contributed by atoms with van der Waals surface area (Å²) in [4.78, 5) is 27.4. The van der Waals surface area contributed by atoms with Gasteiger partial charge in [0.05, 0.1) is 5.75 Å². The molecule has 10 heteroatoms. The quantitative estimate of drug-likeness (QED) is 0.326. The van der Waals surface area contributed by atoms with Crippen LogP contribution in [0.15, 0.2) is 74.9 Å². The average Bonchev–Trinajstić information content (AvgIpc) is 3.41. The van der Waals surface area contributed by atoms with Crippen molar-refractivity contribution in [3.05, 3.63) is 60.7 Å². The topological polar surface area (TPSA) is 123 Å². The molecule has 0 fully saturated rings. The Morgan fingerprint density at radius 3 is 2.33 bits per heavy atom. The van der Waals surface area contributed by atoms with Crippen molar-refractivity contribution < 1.29 is 18.6 Å². The summed E-state index contributed by atoms with van der Waals surface area (Å²) in [7, 11) is 0. The van der Waals surface area contributed by atoms with Crippen molar-refractivity contribution in [2.45, 2.75) is 5.22 Å². The largest absolute Gasteiger partial charge is 0.431 e. The number of rotatable bonds is 8. The molecule has 0 unspecified atom stereocenters. The number of thioether (sulfide) groups is 1. The Labute approximate surface area is 174 Å². The molecule has 0 saturated heterocycles. The molecule has 4 aromatic rings.